The lowest BCUT2D eigenvalue weighted by Gasteiger charge is -2.24. The molecule has 5 heteroatoms. The van der Waals surface area contributed by atoms with Crippen LogP contribution in [0.5, 0.6) is 11.5 Å². The molecular formula is C22H26N2O3. The van der Waals surface area contributed by atoms with Crippen molar-refractivity contribution in [2.75, 3.05) is 20.8 Å². The van der Waals surface area contributed by atoms with Gasteiger partial charge < -0.3 is 19.1 Å². The fraction of sp³-hybridized carbons (Fsp3) is 0.318. The second-order valence-electron chi connectivity index (χ2n) is 6.75. The van der Waals surface area contributed by atoms with Crippen LogP contribution in [0.2, 0.25) is 0 Å². The minimum Gasteiger partial charge on any atom is -0.493 e. The Balaban J connectivity index is 2.31. The quantitative estimate of drug-likeness (QED) is 0.672. The van der Waals surface area contributed by atoms with E-state index in [-0.39, 0.29) is 18.6 Å². The first kappa shape index (κ1) is 19.0. The Hall–Kier alpha value is -2.79. The number of methoxy groups -OCH3 is 2. The Morgan fingerprint density at radius 3 is 2.33 bits per heavy atom. The molecule has 1 atom stereocenters. The molecule has 0 bridgehead atoms. The van der Waals surface area contributed by atoms with Crippen LogP contribution in [-0.2, 0) is 0 Å². The monoisotopic (exact) mass is 366 g/mol. The highest BCUT2D eigenvalue weighted by molar-refractivity contribution is 5.83. The predicted molar refractivity (Wildman–Crippen MR) is 107 cm³/mol. The molecule has 0 saturated carbocycles. The molecule has 0 fully saturated rings. The molecule has 3 aromatic rings. The summed E-state index contributed by atoms with van der Waals surface area (Å²) < 4.78 is 13.2. The number of nitrogens with zero attached hydrogens (tertiary/aromatic N) is 2. The van der Waals surface area contributed by atoms with Crippen molar-refractivity contribution in [1.29, 1.82) is 0 Å². The summed E-state index contributed by atoms with van der Waals surface area (Å²) in [6, 6.07) is 15.7. The van der Waals surface area contributed by atoms with E-state index in [1.54, 1.807) is 20.5 Å². The van der Waals surface area contributed by atoms with E-state index in [1.165, 1.54) is 0 Å². The van der Waals surface area contributed by atoms with Crippen molar-refractivity contribution in [2.45, 2.75) is 19.9 Å². The van der Waals surface area contributed by atoms with Crippen LogP contribution in [-0.4, -0.2) is 35.5 Å². The number of para-hydroxylation sites is 1. The van der Waals surface area contributed by atoms with Gasteiger partial charge in [-0.25, -0.2) is 4.98 Å². The third-order valence-corrected chi connectivity index (χ3v) is 4.81. The van der Waals surface area contributed by atoms with Crippen molar-refractivity contribution in [2.24, 2.45) is 5.92 Å². The summed E-state index contributed by atoms with van der Waals surface area (Å²) >= 11 is 0. The van der Waals surface area contributed by atoms with Crippen molar-refractivity contribution in [3.8, 4) is 34.0 Å². The molecule has 0 amide bonds. The average Bonchev–Trinajstić information content (AvgIpc) is 3.12. The number of aliphatic hydroxyl groups is 1. The summed E-state index contributed by atoms with van der Waals surface area (Å²) in [6.07, 6.45) is 1.80. The van der Waals surface area contributed by atoms with Gasteiger partial charge in [0.05, 0.1) is 44.6 Å². The van der Waals surface area contributed by atoms with E-state index in [9.17, 15) is 5.11 Å². The second-order valence-corrected chi connectivity index (χ2v) is 6.75. The Labute approximate surface area is 160 Å². The Kier molecular flexibility index (Phi) is 5.81. The molecule has 1 heterocycles. The highest BCUT2D eigenvalue weighted by Gasteiger charge is 2.25. The van der Waals surface area contributed by atoms with Gasteiger partial charge in [-0.1, -0.05) is 50.2 Å². The van der Waals surface area contributed by atoms with Crippen LogP contribution in [0.25, 0.3) is 22.5 Å². The summed E-state index contributed by atoms with van der Waals surface area (Å²) in [7, 11) is 3.26. The standard InChI is InChI=1S/C22H26N2O3/c1-15(2)18(13-25)24-14-23-20(16-9-6-5-7-10-16)21(24)17-11-8-12-19(26-3)22(17)27-4/h5-12,14-15,18,25H,13H2,1-4H3. The maximum atomic E-state index is 10.0. The van der Waals surface area contributed by atoms with Crippen molar-refractivity contribution < 1.29 is 14.6 Å². The van der Waals surface area contributed by atoms with Gasteiger partial charge in [0.25, 0.3) is 0 Å². The van der Waals surface area contributed by atoms with Gasteiger partial charge >= 0.3 is 0 Å². The smallest absolute Gasteiger partial charge is 0.170 e. The zero-order valence-electron chi connectivity index (χ0n) is 16.2. The first-order chi connectivity index (χ1) is 13.1. The predicted octanol–water partition coefficient (Wildman–Crippen LogP) is 4.42. The number of aromatic nitrogens is 2. The number of benzene rings is 2. The lowest BCUT2D eigenvalue weighted by atomic mass is 10.00. The molecule has 0 radical (unpaired) electrons. The highest BCUT2D eigenvalue weighted by Crippen LogP contribution is 2.43. The van der Waals surface area contributed by atoms with Gasteiger partial charge in [-0.15, -0.1) is 0 Å². The summed E-state index contributed by atoms with van der Waals surface area (Å²) in [6.45, 7) is 4.22. The maximum absolute atomic E-state index is 10.0. The van der Waals surface area contributed by atoms with Crippen molar-refractivity contribution in [1.82, 2.24) is 9.55 Å². The second kappa shape index (κ2) is 8.27. The van der Waals surface area contributed by atoms with E-state index in [4.69, 9.17) is 14.5 Å². The molecule has 0 aliphatic heterocycles. The summed E-state index contributed by atoms with van der Waals surface area (Å²) in [5.41, 5.74) is 3.65. The van der Waals surface area contributed by atoms with Gasteiger partial charge in [-0.3, -0.25) is 0 Å². The van der Waals surface area contributed by atoms with Gasteiger partial charge in [0.2, 0.25) is 0 Å². The topological polar surface area (TPSA) is 56.5 Å². The van der Waals surface area contributed by atoms with E-state index in [0.717, 1.165) is 22.5 Å². The Bertz CT molecular complexity index is 888. The molecule has 0 spiro atoms. The molecule has 3 rings (SSSR count). The zero-order valence-corrected chi connectivity index (χ0v) is 16.2. The molecule has 2 aromatic carbocycles. The summed E-state index contributed by atoms with van der Waals surface area (Å²) in [4.78, 5) is 4.70. The minimum absolute atomic E-state index is 0.0293. The van der Waals surface area contributed by atoms with E-state index in [2.05, 4.69) is 13.8 Å². The van der Waals surface area contributed by atoms with Crippen LogP contribution in [0.3, 0.4) is 0 Å². The Morgan fingerprint density at radius 1 is 1.00 bits per heavy atom. The van der Waals surface area contributed by atoms with Gasteiger partial charge in [-0.2, -0.15) is 0 Å². The number of ether oxygens (including phenoxy) is 2. The fourth-order valence-electron chi connectivity index (χ4n) is 3.38. The van der Waals surface area contributed by atoms with Crippen molar-refractivity contribution in [3.05, 3.63) is 54.9 Å². The third-order valence-electron chi connectivity index (χ3n) is 4.81. The largest absolute Gasteiger partial charge is 0.493 e. The highest BCUT2D eigenvalue weighted by atomic mass is 16.5. The van der Waals surface area contributed by atoms with Crippen LogP contribution in [0.1, 0.15) is 19.9 Å². The molecule has 1 aromatic heterocycles. The molecule has 0 aliphatic carbocycles. The molecule has 0 aliphatic rings. The van der Waals surface area contributed by atoms with Gasteiger partial charge in [0, 0.05) is 11.1 Å². The van der Waals surface area contributed by atoms with Crippen LogP contribution >= 0.6 is 0 Å². The number of aliphatic hydroxyl groups excluding tert-OH is 1. The average molecular weight is 366 g/mol. The van der Waals surface area contributed by atoms with Gasteiger partial charge in [0.1, 0.15) is 0 Å². The van der Waals surface area contributed by atoms with E-state index < -0.39 is 0 Å². The van der Waals surface area contributed by atoms with Crippen LogP contribution in [0.15, 0.2) is 54.9 Å². The number of rotatable bonds is 7. The molecule has 5 nitrogen and oxygen atoms in total. The van der Waals surface area contributed by atoms with Crippen LogP contribution in [0.4, 0.5) is 0 Å². The lowest BCUT2D eigenvalue weighted by Crippen LogP contribution is -2.19. The van der Waals surface area contributed by atoms with E-state index in [0.29, 0.717) is 11.5 Å². The van der Waals surface area contributed by atoms with Crippen molar-refractivity contribution in [3.63, 3.8) is 0 Å². The SMILES string of the molecule is COc1cccc(-c2c(-c3ccccc3)ncn2C(CO)C(C)C)c1OC. The zero-order chi connectivity index (χ0) is 19.4. The normalized spacial score (nSPS) is 12.2. The fourth-order valence-corrected chi connectivity index (χ4v) is 3.38. The van der Waals surface area contributed by atoms with E-state index in [1.807, 2.05) is 53.1 Å². The van der Waals surface area contributed by atoms with Crippen LogP contribution in [0, 0.1) is 5.92 Å². The molecule has 1 unspecified atom stereocenters. The third kappa shape index (κ3) is 3.55. The summed E-state index contributed by atoms with van der Waals surface area (Å²) in [5, 5.41) is 10.0. The molecule has 1 N–H and O–H groups in total. The molecular weight excluding hydrogens is 340 g/mol. The van der Waals surface area contributed by atoms with E-state index >= 15 is 0 Å². The lowest BCUT2D eigenvalue weighted by molar-refractivity contribution is 0.194. The number of imidazole rings is 1. The number of hydrogen-bond donors (Lipinski definition) is 1. The molecule has 142 valence electrons. The summed E-state index contributed by atoms with van der Waals surface area (Å²) in [5.74, 6) is 1.55. The van der Waals surface area contributed by atoms with Gasteiger partial charge in [0.15, 0.2) is 11.5 Å². The minimum atomic E-state index is -0.0964. The maximum Gasteiger partial charge on any atom is 0.170 e. The van der Waals surface area contributed by atoms with Crippen LogP contribution < -0.4 is 9.47 Å². The van der Waals surface area contributed by atoms with Crippen molar-refractivity contribution >= 4 is 0 Å². The number of hydrogen-bond acceptors (Lipinski definition) is 4. The first-order valence-electron chi connectivity index (χ1n) is 9.06. The first-order valence-corrected chi connectivity index (χ1v) is 9.06. The Morgan fingerprint density at radius 2 is 1.74 bits per heavy atom. The van der Waals surface area contributed by atoms with Gasteiger partial charge in [-0.05, 0) is 18.1 Å². The molecule has 27 heavy (non-hydrogen) atoms. The molecule has 0 saturated heterocycles.